The molecule has 1 heterocycles. The molecule has 1 aliphatic rings. The highest BCUT2D eigenvalue weighted by Gasteiger charge is 2.24. The number of nitrogens with zero attached hydrogens (tertiary/aromatic N) is 1. The number of rotatable bonds is 6. The summed E-state index contributed by atoms with van der Waals surface area (Å²) in [4.78, 5) is 0. The first-order valence-corrected chi connectivity index (χ1v) is 8.64. The molecule has 0 aliphatic carbocycles. The van der Waals surface area contributed by atoms with E-state index in [1.54, 1.807) is 4.31 Å². The first kappa shape index (κ1) is 15.3. The van der Waals surface area contributed by atoms with E-state index >= 15 is 0 Å². The van der Waals surface area contributed by atoms with Crippen LogP contribution in [0.25, 0.3) is 0 Å². The number of para-hydroxylation sites is 1. The Morgan fingerprint density at radius 1 is 1.15 bits per heavy atom. The molecule has 0 amide bonds. The third-order valence-electron chi connectivity index (χ3n) is 3.48. The quantitative estimate of drug-likeness (QED) is 0.843. The molecule has 0 radical (unpaired) electrons. The van der Waals surface area contributed by atoms with Gasteiger partial charge in [0.1, 0.15) is 0 Å². The Kier molecular flexibility index (Phi) is 5.39. The minimum Gasteiger partial charge on any atom is -0.313 e. The first-order valence-electron chi connectivity index (χ1n) is 7.20. The van der Waals surface area contributed by atoms with Gasteiger partial charge in [-0.1, -0.05) is 31.5 Å². The topological polar surface area (TPSA) is 61.4 Å². The van der Waals surface area contributed by atoms with Crippen LogP contribution in [0.1, 0.15) is 31.7 Å². The summed E-state index contributed by atoms with van der Waals surface area (Å²) in [6.45, 7) is 4.78. The lowest BCUT2D eigenvalue weighted by Crippen LogP contribution is -2.39. The van der Waals surface area contributed by atoms with Gasteiger partial charge in [-0.25, -0.2) is 0 Å². The van der Waals surface area contributed by atoms with Crippen molar-refractivity contribution in [1.82, 2.24) is 9.62 Å². The average molecular weight is 297 g/mol. The molecule has 1 saturated heterocycles. The second-order valence-electron chi connectivity index (χ2n) is 5.00. The van der Waals surface area contributed by atoms with Crippen molar-refractivity contribution in [2.24, 2.45) is 0 Å². The normalized spacial score (nSPS) is 17.1. The Hall–Kier alpha value is -1.11. The van der Waals surface area contributed by atoms with Crippen LogP contribution in [-0.4, -0.2) is 32.4 Å². The molecule has 0 aromatic heterocycles. The molecular formula is C14H23N3O2S. The van der Waals surface area contributed by atoms with Crippen molar-refractivity contribution in [3.63, 3.8) is 0 Å². The lowest BCUT2D eigenvalue weighted by molar-refractivity contribution is 0.349. The fraction of sp³-hybridized carbons (Fsp3) is 0.571. The second kappa shape index (κ2) is 7.06. The standard InChI is InChI=1S/C14H23N3O2S/c1-2-15-12-13-8-4-5-9-14(13)16-20(18,19)17-10-6-3-7-11-17/h4-5,8-9,15-16H,2-3,6-7,10-12H2,1H3. The van der Waals surface area contributed by atoms with Crippen molar-refractivity contribution in [3.05, 3.63) is 29.8 Å². The Morgan fingerprint density at radius 2 is 1.85 bits per heavy atom. The van der Waals surface area contributed by atoms with E-state index < -0.39 is 10.2 Å². The predicted octanol–water partition coefficient (Wildman–Crippen LogP) is 1.94. The van der Waals surface area contributed by atoms with E-state index in [1.807, 2.05) is 31.2 Å². The summed E-state index contributed by atoms with van der Waals surface area (Å²) in [6.07, 6.45) is 3.00. The van der Waals surface area contributed by atoms with Crippen LogP contribution in [0.15, 0.2) is 24.3 Å². The number of hydrogen-bond donors (Lipinski definition) is 2. The number of nitrogens with one attached hydrogen (secondary N) is 2. The van der Waals surface area contributed by atoms with Crippen LogP contribution in [-0.2, 0) is 16.8 Å². The molecule has 0 atom stereocenters. The Morgan fingerprint density at radius 3 is 2.55 bits per heavy atom. The van der Waals surface area contributed by atoms with Gasteiger partial charge in [-0.05, 0) is 31.0 Å². The third kappa shape index (κ3) is 3.94. The Labute approximate surface area is 121 Å². The van der Waals surface area contributed by atoms with E-state index in [0.717, 1.165) is 31.4 Å². The van der Waals surface area contributed by atoms with Gasteiger partial charge >= 0.3 is 10.2 Å². The molecule has 1 aromatic carbocycles. The van der Waals surface area contributed by atoms with Crippen LogP contribution in [0.5, 0.6) is 0 Å². The van der Waals surface area contributed by atoms with Crippen LogP contribution in [0.2, 0.25) is 0 Å². The molecule has 0 bridgehead atoms. The van der Waals surface area contributed by atoms with Crippen molar-refractivity contribution in [2.45, 2.75) is 32.7 Å². The molecule has 5 nitrogen and oxygen atoms in total. The molecule has 2 N–H and O–H groups in total. The molecule has 20 heavy (non-hydrogen) atoms. The SMILES string of the molecule is CCNCc1ccccc1NS(=O)(=O)N1CCCCC1. The molecule has 1 aromatic rings. The molecule has 1 aliphatic heterocycles. The highest BCUT2D eigenvalue weighted by molar-refractivity contribution is 7.90. The maximum atomic E-state index is 12.4. The smallest absolute Gasteiger partial charge is 0.301 e. The summed E-state index contributed by atoms with van der Waals surface area (Å²) in [6, 6.07) is 7.53. The van der Waals surface area contributed by atoms with E-state index in [4.69, 9.17) is 0 Å². The van der Waals surface area contributed by atoms with E-state index in [0.29, 0.717) is 25.3 Å². The maximum absolute atomic E-state index is 12.4. The van der Waals surface area contributed by atoms with Gasteiger partial charge in [0.2, 0.25) is 0 Å². The fourth-order valence-corrected chi connectivity index (χ4v) is 3.69. The summed E-state index contributed by atoms with van der Waals surface area (Å²) < 4.78 is 29.0. The fourth-order valence-electron chi connectivity index (χ4n) is 2.34. The van der Waals surface area contributed by atoms with E-state index in [1.165, 1.54) is 0 Å². The molecular weight excluding hydrogens is 274 g/mol. The van der Waals surface area contributed by atoms with E-state index in [9.17, 15) is 8.42 Å². The third-order valence-corrected chi connectivity index (χ3v) is 5.00. The van der Waals surface area contributed by atoms with E-state index in [-0.39, 0.29) is 0 Å². The predicted molar refractivity (Wildman–Crippen MR) is 81.8 cm³/mol. The Balaban J connectivity index is 2.11. The summed E-state index contributed by atoms with van der Waals surface area (Å²) >= 11 is 0. The maximum Gasteiger partial charge on any atom is 0.301 e. The van der Waals surface area contributed by atoms with Crippen LogP contribution in [0.3, 0.4) is 0 Å². The molecule has 112 valence electrons. The van der Waals surface area contributed by atoms with Crippen molar-refractivity contribution in [1.29, 1.82) is 0 Å². The van der Waals surface area contributed by atoms with Gasteiger partial charge in [-0.2, -0.15) is 12.7 Å². The van der Waals surface area contributed by atoms with Crippen LogP contribution in [0, 0.1) is 0 Å². The van der Waals surface area contributed by atoms with Crippen LogP contribution in [0.4, 0.5) is 5.69 Å². The summed E-state index contributed by atoms with van der Waals surface area (Å²) in [5.74, 6) is 0. The second-order valence-corrected chi connectivity index (χ2v) is 6.67. The van der Waals surface area contributed by atoms with Crippen LogP contribution >= 0.6 is 0 Å². The summed E-state index contributed by atoms with van der Waals surface area (Å²) in [7, 11) is -3.43. The summed E-state index contributed by atoms with van der Waals surface area (Å²) in [5.41, 5.74) is 1.63. The zero-order valence-corrected chi connectivity index (χ0v) is 12.7. The van der Waals surface area contributed by atoms with Gasteiger partial charge in [0.25, 0.3) is 0 Å². The van der Waals surface area contributed by atoms with Crippen LogP contribution < -0.4 is 10.0 Å². The molecule has 0 unspecified atom stereocenters. The molecule has 0 spiro atoms. The first-order chi connectivity index (χ1) is 9.63. The lowest BCUT2D eigenvalue weighted by Gasteiger charge is -2.26. The zero-order valence-electron chi connectivity index (χ0n) is 11.9. The van der Waals surface area contributed by atoms with Gasteiger partial charge in [-0.15, -0.1) is 0 Å². The zero-order chi connectivity index (χ0) is 14.4. The van der Waals surface area contributed by atoms with E-state index in [2.05, 4.69) is 10.0 Å². The van der Waals surface area contributed by atoms with Gasteiger partial charge in [-0.3, -0.25) is 4.72 Å². The summed E-state index contributed by atoms with van der Waals surface area (Å²) in [5, 5.41) is 3.22. The number of anilines is 1. The van der Waals surface area contributed by atoms with Gasteiger partial charge in [0.15, 0.2) is 0 Å². The highest BCUT2D eigenvalue weighted by atomic mass is 32.2. The molecule has 6 heteroatoms. The van der Waals surface area contributed by atoms with Crippen molar-refractivity contribution in [3.8, 4) is 0 Å². The molecule has 1 fully saturated rings. The van der Waals surface area contributed by atoms with Gasteiger partial charge in [0.05, 0.1) is 5.69 Å². The number of benzene rings is 1. The minimum absolute atomic E-state index is 0.616. The minimum atomic E-state index is -3.43. The monoisotopic (exact) mass is 297 g/mol. The van der Waals surface area contributed by atoms with Crippen molar-refractivity contribution in [2.75, 3.05) is 24.4 Å². The van der Waals surface area contributed by atoms with Crippen molar-refractivity contribution < 1.29 is 8.42 Å². The van der Waals surface area contributed by atoms with Crippen molar-refractivity contribution >= 4 is 15.9 Å². The average Bonchev–Trinajstić information content (AvgIpc) is 2.47. The molecule has 2 rings (SSSR count). The van der Waals surface area contributed by atoms with Gasteiger partial charge in [0, 0.05) is 19.6 Å². The highest BCUT2D eigenvalue weighted by Crippen LogP contribution is 2.20. The molecule has 0 saturated carbocycles. The Bertz CT molecular complexity index is 525. The number of hydrogen-bond acceptors (Lipinski definition) is 3. The largest absolute Gasteiger partial charge is 0.313 e. The number of piperidine rings is 1. The lowest BCUT2D eigenvalue weighted by atomic mass is 10.2. The van der Waals surface area contributed by atoms with Gasteiger partial charge < -0.3 is 5.32 Å².